The van der Waals surface area contributed by atoms with Gasteiger partial charge in [-0.25, -0.2) is 0 Å². The quantitative estimate of drug-likeness (QED) is 0.492. The van der Waals surface area contributed by atoms with E-state index in [9.17, 15) is 9.59 Å². The van der Waals surface area contributed by atoms with Crippen LogP contribution in [-0.2, 0) is 9.59 Å². The molecule has 2 N–H and O–H groups in total. The molecule has 2 rings (SSSR count). The highest BCUT2D eigenvalue weighted by Crippen LogP contribution is 2.28. The van der Waals surface area contributed by atoms with Crippen molar-refractivity contribution >= 4 is 61.4 Å². The number of benzene rings is 2. The number of hydrogen-bond donors (Lipinski definition) is 2. The lowest BCUT2D eigenvalue weighted by molar-refractivity contribution is -0.128. The molecule has 0 fully saturated rings. The smallest absolute Gasteiger partial charge is 0.276 e. The Morgan fingerprint density at radius 3 is 2.60 bits per heavy atom. The molecule has 0 bridgehead atoms. The third-order valence-electron chi connectivity index (χ3n) is 2.90. The minimum Gasteiger partial charge on any atom is -0.483 e. The van der Waals surface area contributed by atoms with Crippen LogP contribution in [-0.4, -0.2) is 18.4 Å². The largest absolute Gasteiger partial charge is 0.483 e. The first-order chi connectivity index (χ1) is 12.0. The predicted octanol–water partition coefficient (Wildman–Crippen LogP) is 4.10. The van der Waals surface area contributed by atoms with Crippen molar-refractivity contribution in [3.63, 3.8) is 0 Å². The SMILES string of the molecule is O=C(/C=C/c1ccccc1Cl)NNC(=O)COc1ccc(Br)cc1Br. The first-order valence-electron chi connectivity index (χ1n) is 7.05. The molecule has 2 amide bonds. The van der Waals surface area contributed by atoms with Crippen LogP contribution in [0.25, 0.3) is 6.08 Å². The Labute approximate surface area is 166 Å². The monoisotopic (exact) mass is 486 g/mol. The molecule has 2 aromatic rings. The highest BCUT2D eigenvalue weighted by atomic mass is 79.9. The number of rotatable bonds is 5. The zero-order valence-corrected chi connectivity index (χ0v) is 16.7. The standard InChI is InChI=1S/C17H13Br2ClN2O3/c18-12-6-7-15(13(19)9-12)25-10-17(24)22-21-16(23)8-5-11-3-1-2-4-14(11)20/h1-9H,10H2,(H,21,23)(H,22,24)/b8-5+. The van der Waals surface area contributed by atoms with Crippen molar-refractivity contribution in [1.82, 2.24) is 10.9 Å². The average molecular weight is 489 g/mol. The van der Waals surface area contributed by atoms with Crippen molar-refractivity contribution in [1.29, 1.82) is 0 Å². The summed E-state index contributed by atoms with van der Waals surface area (Å²) in [5, 5.41) is 0.532. The lowest BCUT2D eigenvalue weighted by atomic mass is 10.2. The number of ether oxygens (including phenoxy) is 1. The van der Waals surface area contributed by atoms with Gasteiger partial charge in [-0.05, 0) is 51.8 Å². The number of hydrogen-bond acceptors (Lipinski definition) is 3. The topological polar surface area (TPSA) is 67.4 Å². The summed E-state index contributed by atoms with van der Waals surface area (Å²) in [7, 11) is 0. The molecule has 0 aromatic heterocycles. The molecule has 0 atom stereocenters. The molecule has 0 unspecified atom stereocenters. The van der Waals surface area contributed by atoms with E-state index in [1.165, 1.54) is 6.08 Å². The molecule has 0 heterocycles. The molecule has 2 aromatic carbocycles. The van der Waals surface area contributed by atoms with E-state index in [0.717, 1.165) is 4.47 Å². The van der Waals surface area contributed by atoms with E-state index in [1.807, 2.05) is 6.07 Å². The number of halogens is 3. The third kappa shape index (κ3) is 6.53. The molecule has 0 spiro atoms. The van der Waals surface area contributed by atoms with Gasteiger partial charge in [0.25, 0.3) is 11.8 Å². The summed E-state index contributed by atoms with van der Waals surface area (Å²) in [6.45, 7) is -0.241. The van der Waals surface area contributed by atoms with E-state index in [0.29, 0.717) is 20.8 Å². The number of carbonyl (C=O) groups excluding carboxylic acids is 2. The molecule has 0 aliphatic rings. The Morgan fingerprint density at radius 1 is 1.12 bits per heavy atom. The fraction of sp³-hybridized carbons (Fsp3) is 0.0588. The maximum atomic E-state index is 11.7. The highest BCUT2D eigenvalue weighted by Gasteiger charge is 2.07. The summed E-state index contributed by atoms with van der Waals surface area (Å²) < 4.78 is 6.96. The van der Waals surface area contributed by atoms with Crippen LogP contribution in [0.4, 0.5) is 0 Å². The van der Waals surface area contributed by atoms with E-state index in [-0.39, 0.29) is 6.61 Å². The van der Waals surface area contributed by atoms with Crippen molar-refractivity contribution in [2.75, 3.05) is 6.61 Å². The Hall–Kier alpha value is -1.83. The van der Waals surface area contributed by atoms with Gasteiger partial charge in [0.05, 0.1) is 4.47 Å². The molecule has 0 radical (unpaired) electrons. The first-order valence-corrected chi connectivity index (χ1v) is 9.01. The predicted molar refractivity (Wildman–Crippen MR) is 104 cm³/mol. The molecule has 130 valence electrons. The summed E-state index contributed by atoms with van der Waals surface area (Å²) in [6, 6.07) is 12.4. The highest BCUT2D eigenvalue weighted by molar-refractivity contribution is 9.11. The molecule has 0 aliphatic carbocycles. The van der Waals surface area contributed by atoms with Crippen LogP contribution in [0.5, 0.6) is 5.75 Å². The Kier molecular flexibility index (Phi) is 7.49. The van der Waals surface area contributed by atoms with Crippen molar-refractivity contribution in [2.45, 2.75) is 0 Å². The first kappa shape index (κ1) is 19.5. The number of amides is 2. The lowest BCUT2D eigenvalue weighted by Gasteiger charge is -2.09. The van der Waals surface area contributed by atoms with Gasteiger partial charge < -0.3 is 4.74 Å². The zero-order valence-electron chi connectivity index (χ0n) is 12.8. The number of nitrogens with one attached hydrogen (secondary N) is 2. The summed E-state index contributed by atoms with van der Waals surface area (Å²) in [5.74, 6) is -0.462. The second kappa shape index (κ2) is 9.60. The fourth-order valence-corrected chi connectivity index (χ4v) is 3.08. The van der Waals surface area contributed by atoms with Gasteiger partial charge >= 0.3 is 0 Å². The van der Waals surface area contributed by atoms with Crippen LogP contribution in [0.3, 0.4) is 0 Å². The lowest BCUT2D eigenvalue weighted by Crippen LogP contribution is -2.43. The summed E-state index contributed by atoms with van der Waals surface area (Å²) >= 11 is 12.6. The normalized spacial score (nSPS) is 10.5. The van der Waals surface area contributed by atoms with E-state index in [4.69, 9.17) is 16.3 Å². The van der Waals surface area contributed by atoms with Gasteiger partial charge in [0.2, 0.25) is 0 Å². The summed E-state index contributed by atoms with van der Waals surface area (Å²) in [5.41, 5.74) is 5.23. The van der Waals surface area contributed by atoms with Crippen molar-refractivity contribution in [2.24, 2.45) is 0 Å². The Morgan fingerprint density at radius 2 is 1.88 bits per heavy atom. The van der Waals surface area contributed by atoms with Gasteiger partial charge in [-0.1, -0.05) is 45.7 Å². The zero-order chi connectivity index (χ0) is 18.2. The van der Waals surface area contributed by atoms with Crippen LogP contribution in [0.2, 0.25) is 5.02 Å². The molecule has 0 saturated carbocycles. The molecular formula is C17H13Br2ClN2O3. The van der Waals surface area contributed by atoms with Gasteiger partial charge in [-0.15, -0.1) is 0 Å². The fourth-order valence-electron chi connectivity index (χ4n) is 1.72. The van der Waals surface area contributed by atoms with E-state index >= 15 is 0 Å². The molecule has 0 saturated heterocycles. The molecule has 0 aliphatic heterocycles. The average Bonchev–Trinajstić information content (AvgIpc) is 2.58. The summed E-state index contributed by atoms with van der Waals surface area (Å²) in [6.07, 6.45) is 2.83. The van der Waals surface area contributed by atoms with E-state index in [1.54, 1.807) is 42.5 Å². The van der Waals surface area contributed by atoms with Crippen LogP contribution in [0, 0.1) is 0 Å². The van der Waals surface area contributed by atoms with Gasteiger partial charge in [0, 0.05) is 15.6 Å². The van der Waals surface area contributed by atoms with Crippen LogP contribution < -0.4 is 15.6 Å². The van der Waals surface area contributed by atoms with E-state index in [2.05, 4.69) is 42.7 Å². The van der Waals surface area contributed by atoms with Crippen molar-refractivity contribution < 1.29 is 14.3 Å². The second-order valence-electron chi connectivity index (χ2n) is 4.76. The van der Waals surface area contributed by atoms with Gasteiger partial charge in [0.15, 0.2) is 6.61 Å². The molecule has 8 heteroatoms. The summed E-state index contributed by atoms with van der Waals surface area (Å²) in [4.78, 5) is 23.4. The van der Waals surface area contributed by atoms with Gasteiger partial charge in [-0.3, -0.25) is 20.4 Å². The minimum atomic E-state index is -0.491. The van der Waals surface area contributed by atoms with Crippen molar-refractivity contribution in [3.05, 3.63) is 68.1 Å². The van der Waals surface area contributed by atoms with Crippen LogP contribution in [0.15, 0.2) is 57.5 Å². The third-order valence-corrected chi connectivity index (χ3v) is 4.35. The Balaban J connectivity index is 1.77. The van der Waals surface area contributed by atoms with Crippen molar-refractivity contribution in [3.8, 4) is 5.75 Å². The number of hydrazine groups is 1. The maximum absolute atomic E-state index is 11.7. The van der Waals surface area contributed by atoms with Crippen LogP contribution in [0.1, 0.15) is 5.56 Å². The van der Waals surface area contributed by atoms with Gasteiger partial charge in [-0.2, -0.15) is 0 Å². The van der Waals surface area contributed by atoms with E-state index < -0.39 is 11.8 Å². The minimum absolute atomic E-state index is 0.241. The van der Waals surface area contributed by atoms with Crippen LogP contribution >= 0.6 is 43.5 Å². The number of carbonyl (C=O) groups is 2. The molecular weight excluding hydrogens is 475 g/mol. The second-order valence-corrected chi connectivity index (χ2v) is 6.93. The van der Waals surface area contributed by atoms with Gasteiger partial charge in [0.1, 0.15) is 5.75 Å². The molecule has 5 nitrogen and oxygen atoms in total. The molecule has 25 heavy (non-hydrogen) atoms. The maximum Gasteiger partial charge on any atom is 0.276 e. The Bertz CT molecular complexity index is 812.